The number of anilines is 1. The van der Waals surface area contributed by atoms with Crippen molar-refractivity contribution in [2.24, 2.45) is 0 Å². The number of carbonyl (C=O) groups is 1. The lowest BCUT2D eigenvalue weighted by atomic mass is 10.0. The molecular formula is C34H35N3O4S. The third kappa shape index (κ3) is 6.45. The lowest BCUT2D eigenvalue weighted by molar-refractivity contribution is -0.115. The molecule has 4 aromatic carbocycles. The molecule has 0 aliphatic carbocycles. The number of amides is 1. The molecule has 42 heavy (non-hydrogen) atoms. The summed E-state index contributed by atoms with van der Waals surface area (Å²) < 4.78 is 10.7. The number of thioether (sulfide) groups is 1. The number of H-pyrrole nitrogens is 1. The van der Waals surface area contributed by atoms with Crippen molar-refractivity contribution in [3.8, 4) is 11.5 Å². The smallest absolute Gasteiger partial charge is 0.228 e. The number of carbonyl (C=O) groups excluding carboxylic acids is 1. The van der Waals surface area contributed by atoms with Gasteiger partial charge < -0.3 is 24.7 Å². The van der Waals surface area contributed by atoms with E-state index in [2.05, 4.69) is 28.3 Å². The number of methoxy groups -OCH3 is 2. The predicted octanol–water partition coefficient (Wildman–Crippen LogP) is 6.28. The van der Waals surface area contributed by atoms with Gasteiger partial charge in [0, 0.05) is 34.4 Å². The van der Waals surface area contributed by atoms with Crippen LogP contribution in [0.15, 0.2) is 88.6 Å². The van der Waals surface area contributed by atoms with Crippen LogP contribution in [0.25, 0.3) is 21.8 Å². The average molecular weight is 582 g/mol. The molecule has 1 heterocycles. The molecule has 216 valence electrons. The number of rotatable bonds is 11. The van der Waals surface area contributed by atoms with E-state index in [4.69, 9.17) is 9.47 Å². The Balaban J connectivity index is 1.21. The zero-order valence-corrected chi connectivity index (χ0v) is 25.1. The molecule has 1 aromatic heterocycles. The summed E-state index contributed by atoms with van der Waals surface area (Å²) in [6.07, 6.45) is 3.02. The first-order valence-electron chi connectivity index (χ1n) is 13.8. The summed E-state index contributed by atoms with van der Waals surface area (Å²) in [7, 11) is 5.37. The molecule has 0 fully saturated rings. The Morgan fingerprint density at radius 1 is 0.881 bits per heavy atom. The van der Waals surface area contributed by atoms with Gasteiger partial charge in [-0.3, -0.25) is 9.59 Å². The monoisotopic (exact) mass is 581 g/mol. The molecule has 0 unspecified atom stereocenters. The standard InChI is InChI=1S/C34H35N3O4S/c1-37(21-23-13-16-28(40-2)29(19-23)41-3)18-17-22-11-14-25(15-12-22)35-31(38)20-24-7-5-8-26-32(24)36-33-27(34(26)39)9-6-10-30(33)42-4/h5-16,19H,17-18,20-21H2,1-4H3,(H,35,38)(H,36,39). The average Bonchev–Trinajstić information content (AvgIpc) is 3.01. The van der Waals surface area contributed by atoms with Gasteiger partial charge in [0.1, 0.15) is 0 Å². The molecule has 8 heteroatoms. The number of fused-ring (bicyclic) bond motifs is 2. The fourth-order valence-corrected chi connectivity index (χ4v) is 5.78. The minimum absolute atomic E-state index is 0.0260. The van der Waals surface area contributed by atoms with Crippen molar-refractivity contribution in [3.63, 3.8) is 0 Å². The number of aromatic amines is 1. The second-order valence-electron chi connectivity index (χ2n) is 10.3. The van der Waals surface area contributed by atoms with Crippen LogP contribution < -0.4 is 20.2 Å². The molecule has 0 saturated heterocycles. The summed E-state index contributed by atoms with van der Waals surface area (Å²) in [5.41, 5.74) is 5.36. The molecule has 5 aromatic rings. The van der Waals surface area contributed by atoms with Gasteiger partial charge in [-0.05, 0) is 78.9 Å². The van der Waals surface area contributed by atoms with Crippen LogP contribution in [0.1, 0.15) is 16.7 Å². The molecule has 0 bridgehead atoms. The predicted molar refractivity (Wildman–Crippen MR) is 172 cm³/mol. The van der Waals surface area contributed by atoms with Gasteiger partial charge in [0.2, 0.25) is 5.91 Å². The van der Waals surface area contributed by atoms with Gasteiger partial charge in [-0.15, -0.1) is 11.8 Å². The van der Waals surface area contributed by atoms with Gasteiger partial charge in [0.15, 0.2) is 16.9 Å². The molecule has 0 radical (unpaired) electrons. The van der Waals surface area contributed by atoms with E-state index < -0.39 is 0 Å². The topological polar surface area (TPSA) is 83.7 Å². The quantitative estimate of drug-likeness (QED) is 0.141. The first-order chi connectivity index (χ1) is 20.4. The maximum absolute atomic E-state index is 13.2. The van der Waals surface area contributed by atoms with Gasteiger partial charge in [-0.1, -0.05) is 36.4 Å². The van der Waals surface area contributed by atoms with Crippen molar-refractivity contribution in [1.82, 2.24) is 9.88 Å². The summed E-state index contributed by atoms with van der Waals surface area (Å²) in [5, 5.41) is 4.25. The van der Waals surface area contributed by atoms with Gasteiger partial charge >= 0.3 is 0 Å². The van der Waals surface area contributed by atoms with E-state index in [1.54, 1.807) is 26.0 Å². The van der Waals surface area contributed by atoms with Crippen molar-refractivity contribution in [2.45, 2.75) is 24.3 Å². The van der Waals surface area contributed by atoms with Crippen molar-refractivity contribution < 1.29 is 14.3 Å². The van der Waals surface area contributed by atoms with Crippen LogP contribution in [-0.2, 0) is 24.2 Å². The fraction of sp³-hybridized carbons (Fsp3) is 0.235. The highest BCUT2D eigenvalue weighted by molar-refractivity contribution is 7.98. The largest absolute Gasteiger partial charge is 0.493 e. The lowest BCUT2D eigenvalue weighted by Crippen LogP contribution is -2.20. The van der Waals surface area contributed by atoms with Gasteiger partial charge in [-0.2, -0.15) is 0 Å². The third-order valence-corrected chi connectivity index (χ3v) is 8.19. The van der Waals surface area contributed by atoms with Gasteiger partial charge in [-0.25, -0.2) is 0 Å². The Kier molecular flexibility index (Phi) is 9.15. The minimum atomic E-state index is -0.135. The molecular weight excluding hydrogens is 546 g/mol. The van der Waals surface area contributed by atoms with E-state index in [0.29, 0.717) is 16.3 Å². The summed E-state index contributed by atoms with van der Waals surface area (Å²) in [6.45, 7) is 1.68. The maximum Gasteiger partial charge on any atom is 0.228 e. The van der Waals surface area contributed by atoms with Gasteiger partial charge in [0.05, 0.1) is 31.7 Å². The lowest BCUT2D eigenvalue weighted by Gasteiger charge is -2.18. The Morgan fingerprint density at radius 2 is 1.57 bits per heavy atom. The van der Waals surface area contributed by atoms with Crippen molar-refractivity contribution in [2.75, 3.05) is 39.4 Å². The van der Waals surface area contributed by atoms with E-state index in [-0.39, 0.29) is 17.8 Å². The van der Waals surface area contributed by atoms with Crippen molar-refractivity contribution in [1.29, 1.82) is 0 Å². The molecule has 0 aliphatic rings. The molecule has 0 aliphatic heterocycles. The van der Waals surface area contributed by atoms with Crippen LogP contribution in [0.2, 0.25) is 0 Å². The van der Waals surface area contributed by atoms with E-state index in [9.17, 15) is 9.59 Å². The molecule has 5 rings (SSSR count). The second-order valence-corrected chi connectivity index (χ2v) is 11.1. The molecule has 0 saturated carbocycles. The highest BCUT2D eigenvalue weighted by Crippen LogP contribution is 2.28. The number of hydrogen-bond donors (Lipinski definition) is 2. The molecule has 0 atom stereocenters. The number of pyridine rings is 1. The first kappa shape index (κ1) is 29.2. The van der Waals surface area contributed by atoms with E-state index >= 15 is 0 Å². The molecule has 0 spiro atoms. The summed E-state index contributed by atoms with van der Waals surface area (Å²) in [6, 6.07) is 25.2. The second kappa shape index (κ2) is 13.1. The van der Waals surface area contributed by atoms with E-state index in [1.165, 1.54) is 5.56 Å². The number of ether oxygens (including phenoxy) is 2. The number of aromatic nitrogens is 1. The Morgan fingerprint density at radius 3 is 2.29 bits per heavy atom. The SMILES string of the molecule is COc1ccc(CN(C)CCc2ccc(NC(=O)Cc3cccc4c(=O)c5cccc(SC)c5[nH]c34)cc2)cc1OC. The zero-order chi connectivity index (χ0) is 29.6. The summed E-state index contributed by atoms with van der Waals surface area (Å²) in [4.78, 5) is 32.9. The Hall–Kier alpha value is -4.27. The molecule has 1 amide bonds. The van der Waals surface area contributed by atoms with Crippen molar-refractivity contribution in [3.05, 3.63) is 106 Å². The van der Waals surface area contributed by atoms with Crippen LogP contribution >= 0.6 is 11.8 Å². The van der Waals surface area contributed by atoms with Crippen molar-refractivity contribution >= 4 is 45.2 Å². The van der Waals surface area contributed by atoms with Crippen LogP contribution in [0.5, 0.6) is 11.5 Å². The number of benzene rings is 4. The molecule has 2 N–H and O–H groups in total. The van der Waals surface area contributed by atoms with Crippen LogP contribution in [0.4, 0.5) is 5.69 Å². The number of nitrogens with zero attached hydrogens (tertiary/aromatic N) is 1. The minimum Gasteiger partial charge on any atom is -0.493 e. The highest BCUT2D eigenvalue weighted by atomic mass is 32.2. The zero-order valence-electron chi connectivity index (χ0n) is 24.3. The van der Waals surface area contributed by atoms with E-state index in [1.807, 2.05) is 79.1 Å². The fourth-order valence-electron chi connectivity index (χ4n) is 5.20. The number of para-hydroxylation sites is 2. The Bertz CT molecular complexity index is 1780. The number of likely N-dealkylation sites (N-methyl/N-ethyl adjacent to an activating group) is 1. The van der Waals surface area contributed by atoms with E-state index in [0.717, 1.165) is 58.2 Å². The number of nitrogens with one attached hydrogen (secondary N) is 2. The van der Waals surface area contributed by atoms with Crippen LogP contribution in [0.3, 0.4) is 0 Å². The normalized spacial score (nSPS) is 11.3. The van der Waals surface area contributed by atoms with Gasteiger partial charge in [0.25, 0.3) is 0 Å². The maximum atomic E-state index is 13.2. The summed E-state index contributed by atoms with van der Waals surface area (Å²) >= 11 is 1.58. The third-order valence-electron chi connectivity index (χ3n) is 7.41. The van der Waals surface area contributed by atoms with Crippen LogP contribution in [-0.4, -0.2) is 49.9 Å². The summed E-state index contributed by atoms with van der Waals surface area (Å²) in [5.74, 6) is 1.32. The Labute approximate surface area is 249 Å². The first-order valence-corrected chi connectivity index (χ1v) is 15.0. The highest BCUT2D eigenvalue weighted by Gasteiger charge is 2.14. The number of hydrogen-bond acceptors (Lipinski definition) is 6. The van der Waals surface area contributed by atoms with Crippen LogP contribution in [0, 0.1) is 0 Å². The molecule has 7 nitrogen and oxygen atoms in total.